The van der Waals surface area contributed by atoms with Crippen molar-refractivity contribution < 1.29 is 12.9 Å². The van der Waals surface area contributed by atoms with Crippen molar-refractivity contribution in [1.29, 1.82) is 0 Å². The molecule has 2 N–H and O–H groups in total. The van der Waals surface area contributed by atoms with E-state index in [0.29, 0.717) is 32.1 Å². The Labute approximate surface area is 147 Å². The van der Waals surface area contributed by atoms with Crippen LogP contribution in [0.4, 0.5) is 0 Å². The van der Waals surface area contributed by atoms with E-state index < -0.39 is 10.0 Å². The molecule has 1 aliphatic rings. The van der Waals surface area contributed by atoms with E-state index in [1.54, 1.807) is 23.1 Å². The van der Waals surface area contributed by atoms with Gasteiger partial charge < -0.3 is 15.2 Å². The minimum Gasteiger partial charge on any atom is -0.361 e. The molecule has 10 heteroatoms. The first-order chi connectivity index (χ1) is 11.4. The molecular formula is C14H25N5O3S2. The summed E-state index contributed by atoms with van der Waals surface area (Å²) in [4.78, 5) is 4.11. The Hall–Kier alpha value is -1.26. The molecule has 1 saturated heterocycles. The quantitative estimate of drug-likeness (QED) is 0.546. The predicted molar refractivity (Wildman–Crippen MR) is 96.9 cm³/mol. The summed E-state index contributed by atoms with van der Waals surface area (Å²) in [6.07, 6.45) is 0. The first-order valence-corrected chi connectivity index (χ1v) is 10.6. The second-order valence-corrected chi connectivity index (χ2v) is 8.80. The zero-order valence-corrected chi connectivity index (χ0v) is 16.0. The van der Waals surface area contributed by atoms with E-state index in [0.717, 1.165) is 28.5 Å². The minimum absolute atomic E-state index is 0.0592. The molecular weight excluding hydrogens is 350 g/mol. The van der Waals surface area contributed by atoms with Gasteiger partial charge in [0, 0.05) is 50.3 Å². The molecule has 0 amide bonds. The third-order valence-corrected chi connectivity index (χ3v) is 6.67. The van der Waals surface area contributed by atoms with Crippen LogP contribution in [0, 0.1) is 13.8 Å². The van der Waals surface area contributed by atoms with Crippen molar-refractivity contribution in [3.05, 3.63) is 17.0 Å². The van der Waals surface area contributed by atoms with Crippen molar-refractivity contribution in [2.45, 2.75) is 20.4 Å². The number of rotatable bonds is 6. The molecule has 0 aromatic carbocycles. The average Bonchev–Trinajstić information content (AvgIpc) is 2.90. The summed E-state index contributed by atoms with van der Waals surface area (Å²) in [6, 6.07) is 0. The molecule has 2 rings (SSSR count). The van der Waals surface area contributed by atoms with E-state index in [4.69, 9.17) is 4.52 Å². The van der Waals surface area contributed by atoms with Crippen LogP contribution in [0.15, 0.2) is 9.52 Å². The highest BCUT2D eigenvalue weighted by Gasteiger charge is 2.23. The van der Waals surface area contributed by atoms with Crippen LogP contribution >= 0.6 is 11.8 Å². The highest BCUT2D eigenvalue weighted by molar-refractivity contribution is 7.99. The number of nitrogens with one attached hydrogen (secondary N) is 2. The van der Waals surface area contributed by atoms with Crippen LogP contribution in [-0.4, -0.2) is 67.8 Å². The summed E-state index contributed by atoms with van der Waals surface area (Å²) < 4.78 is 31.3. The molecule has 0 saturated carbocycles. The number of hydrogen-bond acceptors (Lipinski definition) is 6. The van der Waals surface area contributed by atoms with Crippen LogP contribution in [0.1, 0.15) is 17.0 Å². The second kappa shape index (κ2) is 8.72. The van der Waals surface area contributed by atoms with Crippen LogP contribution < -0.4 is 10.6 Å². The van der Waals surface area contributed by atoms with Gasteiger partial charge in [0.25, 0.3) is 0 Å². The van der Waals surface area contributed by atoms with Crippen molar-refractivity contribution >= 4 is 27.7 Å². The number of sulfonamides is 1. The Morgan fingerprint density at radius 1 is 1.33 bits per heavy atom. The van der Waals surface area contributed by atoms with Gasteiger partial charge >= 0.3 is 0 Å². The molecule has 1 aromatic heterocycles. The van der Waals surface area contributed by atoms with Gasteiger partial charge in [-0.2, -0.15) is 11.8 Å². The number of guanidine groups is 1. The summed E-state index contributed by atoms with van der Waals surface area (Å²) in [5.74, 6) is 3.12. The van der Waals surface area contributed by atoms with Gasteiger partial charge in [-0.15, -0.1) is 0 Å². The smallest absolute Gasteiger partial charge is 0.215 e. The maximum atomic E-state index is 12.3. The highest BCUT2D eigenvalue weighted by atomic mass is 32.2. The Morgan fingerprint density at radius 2 is 2.04 bits per heavy atom. The lowest BCUT2D eigenvalue weighted by Crippen LogP contribution is -2.44. The fraction of sp³-hybridized carbons (Fsp3) is 0.714. The van der Waals surface area contributed by atoms with E-state index in [1.165, 1.54) is 0 Å². The lowest BCUT2D eigenvalue weighted by Gasteiger charge is -2.25. The molecule has 1 aromatic rings. The van der Waals surface area contributed by atoms with E-state index >= 15 is 0 Å². The van der Waals surface area contributed by atoms with Crippen LogP contribution in [-0.2, 0) is 16.6 Å². The van der Waals surface area contributed by atoms with Crippen LogP contribution in [0.5, 0.6) is 0 Å². The van der Waals surface area contributed by atoms with Crippen molar-refractivity contribution in [2.75, 3.05) is 43.9 Å². The molecule has 0 aliphatic carbocycles. The van der Waals surface area contributed by atoms with Crippen molar-refractivity contribution in [1.82, 2.24) is 20.1 Å². The van der Waals surface area contributed by atoms with E-state index in [-0.39, 0.29) is 5.75 Å². The third-order valence-electron chi connectivity index (χ3n) is 3.85. The summed E-state index contributed by atoms with van der Waals surface area (Å²) in [5, 5.41) is 10.1. The monoisotopic (exact) mass is 375 g/mol. The van der Waals surface area contributed by atoms with Gasteiger partial charge in [-0.25, -0.2) is 12.7 Å². The first-order valence-electron chi connectivity index (χ1n) is 7.86. The molecule has 0 unspecified atom stereocenters. The number of aromatic nitrogens is 1. The average molecular weight is 376 g/mol. The van der Waals surface area contributed by atoms with Crippen LogP contribution in [0.25, 0.3) is 0 Å². The molecule has 1 aliphatic heterocycles. The molecule has 0 radical (unpaired) electrons. The standard InChI is InChI=1S/C14H25N5O3S2/c1-11-13(12(2)22-18-11)10-17-14(15-3)16-4-9-24(20,21)19-5-7-23-8-6-19/h4-10H2,1-3H3,(H2,15,16,17). The molecule has 0 spiro atoms. The van der Waals surface area contributed by atoms with Gasteiger partial charge in [-0.1, -0.05) is 5.16 Å². The second-order valence-electron chi connectivity index (χ2n) is 5.48. The van der Waals surface area contributed by atoms with Crippen molar-refractivity contribution in [3.8, 4) is 0 Å². The summed E-state index contributed by atoms with van der Waals surface area (Å²) >= 11 is 1.79. The van der Waals surface area contributed by atoms with Gasteiger partial charge in [-0.3, -0.25) is 4.99 Å². The fourth-order valence-electron chi connectivity index (χ4n) is 2.40. The zero-order chi connectivity index (χ0) is 17.6. The summed E-state index contributed by atoms with van der Waals surface area (Å²) in [6.45, 7) is 5.78. The Balaban J connectivity index is 1.79. The van der Waals surface area contributed by atoms with E-state index in [9.17, 15) is 8.42 Å². The highest BCUT2D eigenvalue weighted by Crippen LogP contribution is 2.13. The predicted octanol–water partition coefficient (Wildman–Crippen LogP) is 0.335. The topological polar surface area (TPSA) is 99.8 Å². The largest absolute Gasteiger partial charge is 0.361 e. The zero-order valence-electron chi connectivity index (χ0n) is 14.3. The molecule has 8 nitrogen and oxygen atoms in total. The fourth-order valence-corrected chi connectivity index (χ4v) is 4.89. The number of nitrogens with zero attached hydrogens (tertiary/aromatic N) is 3. The summed E-state index contributed by atoms with van der Waals surface area (Å²) in [5.41, 5.74) is 1.82. The first kappa shape index (κ1) is 19.1. The number of thioether (sulfide) groups is 1. The van der Waals surface area contributed by atoms with Gasteiger partial charge in [0.15, 0.2) is 5.96 Å². The lowest BCUT2D eigenvalue weighted by molar-refractivity contribution is 0.392. The van der Waals surface area contributed by atoms with Crippen molar-refractivity contribution in [3.63, 3.8) is 0 Å². The molecule has 1 fully saturated rings. The van der Waals surface area contributed by atoms with E-state index in [1.807, 2.05) is 13.8 Å². The lowest BCUT2D eigenvalue weighted by atomic mass is 10.2. The number of hydrogen-bond donors (Lipinski definition) is 2. The molecule has 2 heterocycles. The molecule has 24 heavy (non-hydrogen) atoms. The van der Waals surface area contributed by atoms with Crippen molar-refractivity contribution in [2.24, 2.45) is 4.99 Å². The maximum absolute atomic E-state index is 12.3. The Morgan fingerprint density at radius 3 is 2.62 bits per heavy atom. The van der Waals surface area contributed by atoms with E-state index in [2.05, 4.69) is 20.8 Å². The van der Waals surface area contributed by atoms with Gasteiger partial charge in [0.1, 0.15) is 5.76 Å². The van der Waals surface area contributed by atoms with Gasteiger partial charge in [-0.05, 0) is 13.8 Å². The number of aryl methyl sites for hydroxylation is 2. The number of aliphatic imine (C=N–C) groups is 1. The maximum Gasteiger partial charge on any atom is 0.215 e. The minimum atomic E-state index is -3.21. The molecule has 136 valence electrons. The van der Waals surface area contributed by atoms with Crippen LogP contribution in [0.2, 0.25) is 0 Å². The normalized spacial score (nSPS) is 17.0. The molecule has 0 atom stereocenters. The summed E-state index contributed by atoms with van der Waals surface area (Å²) in [7, 11) is -1.56. The Bertz CT molecular complexity index is 646. The Kier molecular flexibility index (Phi) is 6.93. The van der Waals surface area contributed by atoms with Gasteiger partial charge in [0.2, 0.25) is 10.0 Å². The van der Waals surface area contributed by atoms with Gasteiger partial charge in [0.05, 0.1) is 11.4 Å². The van der Waals surface area contributed by atoms with Crippen LogP contribution in [0.3, 0.4) is 0 Å². The molecule has 0 bridgehead atoms. The SMILES string of the molecule is CN=C(NCCS(=O)(=O)N1CCSCC1)NCc1c(C)noc1C. The third kappa shape index (κ3) is 5.12.